The lowest BCUT2D eigenvalue weighted by atomic mass is 9.89. The second-order valence-corrected chi connectivity index (χ2v) is 5.34. The number of hydrogen-bond donors (Lipinski definition) is 3. The Labute approximate surface area is 114 Å². The Morgan fingerprint density at radius 2 is 2.21 bits per heavy atom. The Morgan fingerprint density at radius 3 is 2.95 bits per heavy atom. The number of nitrogens with one attached hydrogen (secondary N) is 2. The summed E-state index contributed by atoms with van der Waals surface area (Å²) in [5, 5.41) is 15.4. The van der Waals surface area contributed by atoms with Gasteiger partial charge in [0.15, 0.2) is 0 Å². The number of aliphatic hydroxyl groups is 1. The van der Waals surface area contributed by atoms with Crippen molar-refractivity contribution in [2.45, 2.75) is 32.4 Å². The van der Waals surface area contributed by atoms with Crippen molar-refractivity contribution in [3.63, 3.8) is 0 Å². The molecule has 3 N–H and O–H groups in total. The van der Waals surface area contributed by atoms with Crippen LogP contribution in [0.15, 0.2) is 24.3 Å². The molecule has 3 unspecified atom stereocenters. The maximum atomic E-state index is 12.4. The van der Waals surface area contributed by atoms with Gasteiger partial charge in [-0.15, -0.1) is 0 Å². The molecule has 1 aromatic carbocycles. The number of aliphatic hydroxyl groups excluding tert-OH is 1. The van der Waals surface area contributed by atoms with Crippen molar-refractivity contribution in [1.82, 2.24) is 10.6 Å². The van der Waals surface area contributed by atoms with Gasteiger partial charge in [0.05, 0.1) is 5.92 Å². The average molecular weight is 262 g/mol. The Kier molecular flexibility index (Phi) is 4.56. The quantitative estimate of drug-likeness (QED) is 0.759. The highest BCUT2D eigenvalue weighted by molar-refractivity contribution is 5.84. The van der Waals surface area contributed by atoms with Crippen LogP contribution in [0.1, 0.15) is 30.9 Å². The number of hydrogen-bond acceptors (Lipinski definition) is 3. The summed E-state index contributed by atoms with van der Waals surface area (Å²) in [6.45, 7) is 5.44. The van der Waals surface area contributed by atoms with Crippen LogP contribution in [0.4, 0.5) is 0 Å². The standard InChI is InChI=1S/C15H22N2O2/c1-10(9-18)11(2)17-15(19)14-8-16-7-12-5-3-4-6-13(12)14/h3-6,10-11,14,16,18H,7-9H2,1-2H3,(H,17,19). The van der Waals surface area contributed by atoms with Gasteiger partial charge in [-0.3, -0.25) is 4.79 Å². The van der Waals surface area contributed by atoms with Crippen LogP contribution < -0.4 is 10.6 Å². The van der Waals surface area contributed by atoms with E-state index < -0.39 is 0 Å². The monoisotopic (exact) mass is 262 g/mol. The zero-order chi connectivity index (χ0) is 13.8. The van der Waals surface area contributed by atoms with Crippen LogP contribution in [0.2, 0.25) is 0 Å². The van der Waals surface area contributed by atoms with Gasteiger partial charge in [-0.25, -0.2) is 0 Å². The van der Waals surface area contributed by atoms with E-state index in [9.17, 15) is 4.79 Å². The van der Waals surface area contributed by atoms with Crippen LogP contribution in [0.3, 0.4) is 0 Å². The summed E-state index contributed by atoms with van der Waals surface area (Å²) in [7, 11) is 0. The van der Waals surface area contributed by atoms with Gasteiger partial charge in [0, 0.05) is 25.7 Å². The Morgan fingerprint density at radius 1 is 1.47 bits per heavy atom. The maximum Gasteiger partial charge on any atom is 0.229 e. The van der Waals surface area contributed by atoms with Gasteiger partial charge >= 0.3 is 0 Å². The molecule has 0 spiro atoms. The lowest BCUT2D eigenvalue weighted by molar-refractivity contribution is -0.123. The van der Waals surface area contributed by atoms with E-state index in [1.807, 2.05) is 32.0 Å². The molecular formula is C15H22N2O2. The van der Waals surface area contributed by atoms with E-state index in [4.69, 9.17) is 5.11 Å². The van der Waals surface area contributed by atoms with Crippen molar-refractivity contribution < 1.29 is 9.90 Å². The predicted octanol–water partition coefficient (Wildman–Crippen LogP) is 1.01. The number of rotatable bonds is 4. The minimum atomic E-state index is -0.140. The largest absolute Gasteiger partial charge is 0.396 e. The topological polar surface area (TPSA) is 61.4 Å². The first kappa shape index (κ1) is 14.0. The molecule has 1 amide bonds. The first-order valence-corrected chi connectivity index (χ1v) is 6.83. The van der Waals surface area contributed by atoms with Gasteiger partial charge in [-0.05, 0) is 24.0 Å². The van der Waals surface area contributed by atoms with Crippen LogP contribution in [-0.4, -0.2) is 30.2 Å². The summed E-state index contributed by atoms with van der Waals surface area (Å²) < 4.78 is 0. The molecule has 0 bridgehead atoms. The molecule has 104 valence electrons. The molecule has 0 aromatic heterocycles. The average Bonchev–Trinajstić information content (AvgIpc) is 2.45. The van der Waals surface area contributed by atoms with Gasteiger partial charge in [0.2, 0.25) is 5.91 Å². The minimum Gasteiger partial charge on any atom is -0.396 e. The van der Waals surface area contributed by atoms with Gasteiger partial charge < -0.3 is 15.7 Å². The van der Waals surface area contributed by atoms with Crippen molar-refractivity contribution in [2.24, 2.45) is 5.92 Å². The summed E-state index contributed by atoms with van der Waals surface area (Å²) >= 11 is 0. The minimum absolute atomic E-state index is 0.0217. The Hall–Kier alpha value is -1.39. The van der Waals surface area contributed by atoms with Crippen LogP contribution in [0.5, 0.6) is 0 Å². The van der Waals surface area contributed by atoms with E-state index in [0.29, 0.717) is 6.54 Å². The van der Waals surface area contributed by atoms with Gasteiger partial charge in [-0.1, -0.05) is 31.2 Å². The maximum absolute atomic E-state index is 12.4. The number of amides is 1. The highest BCUT2D eigenvalue weighted by Crippen LogP contribution is 2.24. The summed E-state index contributed by atoms with van der Waals surface area (Å²) in [5.41, 5.74) is 2.30. The number of carbonyl (C=O) groups excluding carboxylic acids is 1. The molecule has 2 rings (SSSR count). The summed E-state index contributed by atoms with van der Waals surface area (Å²) in [6.07, 6.45) is 0. The highest BCUT2D eigenvalue weighted by Gasteiger charge is 2.27. The number of carbonyl (C=O) groups is 1. The summed E-state index contributed by atoms with van der Waals surface area (Å²) in [4.78, 5) is 12.4. The second-order valence-electron chi connectivity index (χ2n) is 5.34. The van der Waals surface area contributed by atoms with E-state index in [2.05, 4.69) is 16.7 Å². The van der Waals surface area contributed by atoms with Crippen molar-refractivity contribution in [3.8, 4) is 0 Å². The molecule has 0 radical (unpaired) electrons. The van der Waals surface area contributed by atoms with E-state index in [1.165, 1.54) is 5.56 Å². The first-order chi connectivity index (χ1) is 9.13. The van der Waals surface area contributed by atoms with E-state index >= 15 is 0 Å². The SMILES string of the molecule is CC(CO)C(C)NC(=O)C1CNCc2ccccc21. The van der Waals surface area contributed by atoms with E-state index in [1.54, 1.807) is 0 Å². The van der Waals surface area contributed by atoms with Crippen molar-refractivity contribution in [2.75, 3.05) is 13.2 Å². The van der Waals surface area contributed by atoms with E-state index in [-0.39, 0.29) is 30.4 Å². The summed E-state index contributed by atoms with van der Waals surface area (Å²) in [5.74, 6) is -0.0403. The molecule has 19 heavy (non-hydrogen) atoms. The zero-order valence-electron chi connectivity index (χ0n) is 11.5. The third kappa shape index (κ3) is 3.14. The molecule has 0 fully saturated rings. The van der Waals surface area contributed by atoms with E-state index in [0.717, 1.165) is 12.1 Å². The normalized spacial score (nSPS) is 21.3. The summed E-state index contributed by atoms with van der Waals surface area (Å²) in [6, 6.07) is 8.04. The molecule has 0 aliphatic carbocycles. The molecule has 4 heteroatoms. The molecule has 4 nitrogen and oxygen atoms in total. The van der Waals surface area contributed by atoms with Crippen molar-refractivity contribution in [1.29, 1.82) is 0 Å². The molecule has 3 atom stereocenters. The van der Waals surface area contributed by atoms with Gasteiger partial charge in [0.25, 0.3) is 0 Å². The fraction of sp³-hybridized carbons (Fsp3) is 0.533. The van der Waals surface area contributed by atoms with Gasteiger partial charge in [-0.2, -0.15) is 0 Å². The third-order valence-electron chi connectivity index (χ3n) is 3.92. The fourth-order valence-corrected chi connectivity index (χ4v) is 2.36. The smallest absolute Gasteiger partial charge is 0.229 e. The van der Waals surface area contributed by atoms with Crippen LogP contribution in [-0.2, 0) is 11.3 Å². The second kappa shape index (κ2) is 6.17. The molecule has 1 aliphatic heterocycles. The number of fused-ring (bicyclic) bond motifs is 1. The number of benzene rings is 1. The Balaban J connectivity index is 2.09. The van der Waals surface area contributed by atoms with Crippen molar-refractivity contribution in [3.05, 3.63) is 35.4 Å². The van der Waals surface area contributed by atoms with Crippen LogP contribution in [0.25, 0.3) is 0 Å². The molecule has 1 heterocycles. The lowest BCUT2D eigenvalue weighted by Crippen LogP contribution is -2.44. The van der Waals surface area contributed by atoms with Crippen LogP contribution in [0, 0.1) is 5.92 Å². The first-order valence-electron chi connectivity index (χ1n) is 6.83. The predicted molar refractivity (Wildman–Crippen MR) is 74.7 cm³/mol. The molecule has 0 saturated heterocycles. The van der Waals surface area contributed by atoms with Gasteiger partial charge in [0.1, 0.15) is 0 Å². The zero-order valence-corrected chi connectivity index (χ0v) is 11.5. The third-order valence-corrected chi connectivity index (χ3v) is 3.92. The molecule has 1 aliphatic rings. The fourth-order valence-electron chi connectivity index (χ4n) is 2.36. The molecule has 1 aromatic rings. The van der Waals surface area contributed by atoms with Crippen LogP contribution >= 0.6 is 0 Å². The molecular weight excluding hydrogens is 240 g/mol. The Bertz CT molecular complexity index is 448. The highest BCUT2D eigenvalue weighted by atomic mass is 16.3. The lowest BCUT2D eigenvalue weighted by Gasteiger charge is -2.28. The molecule has 0 saturated carbocycles. The van der Waals surface area contributed by atoms with Crippen molar-refractivity contribution >= 4 is 5.91 Å².